The van der Waals surface area contributed by atoms with E-state index in [1.807, 2.05) is 0 Å². The Hall–Kier alpha value is -0.810. The van der Waals surface area contributed by atoms with E-state index in [1.165, 1.54) is 12.8 Å². The molecule has 1 saturated carbocycles. The van der Waals surface area contributed by atoms with E-state index in [-0.39, 0.29) is 0 Å². The van der Waals surface area contributed by atoms with Crippen LogP contribution in [0.25, 0.3) is 0 Å². The van der Waals surface area contributed by atoms with Gasteiger partial charge in [-0.05, 0) is 19.3 Å². The number of fused-ring (bicyclic) bond motifs is 1. The fourth-order valence-corrected chi connectivity index (χ4v) is 3.88. The summed E-state index contributed by atoms with van der Waals surface area (Å²) in [5.74, 6) is 0.412. The van der Waals surface area contributed by atoms with Crippen LogP contribution in [0.5, 0.6) is 0 Å². The van der Waals surface area contributed by atoms with Crippen LogP contribution < -0.4 is 10.6 Å². The third kappa shape index (κ3) is 2.02. The molecule has 17 heavy (non-hydrogen) atoms. The molecule has 1 aromatic heterocycles. The lowest BCUT2D eigenvalue weighted by Gasteiger charge is -2.47. The molecule has 2 atom stereocenters. The van der Waals surface area contributed by atoms with Gasteiger partial charge in [0.15, 0.2) is 5.13 Å². The molecule has 3 N–H and O–H groups in total. The average molecular weight is 253 g/mol. The van der Waals surface area contributed by atoms with Crippen molar-refractivity contribution in [2.24, 2.45) is 5.92 Å². The molecule has 0 amide bonds. The molecule has 3 rings (SSSR count). The smallest absolute Gasteiger partial charge is 0.187 e. The summed E-state index contributed by atoms with van der Waals surface area (Å²) in [6, 6.07) is 0. The normalized spacial score (nSPS) is 33.5. The lowest BCUT2D eigenvalue weighted by atomic mass is 9.71. The number of anilines is 2. The molecule has 1 aliphatic carbocycles. The highest BCUT2D eigenvalue weighted by Gasteiger charge is 2.43. The number of hydrogen-bond donors (Lipinski definition) is 2. The van der Waals surface area contributed by atoms with Crippen molar-refractivity contribution < 1.29 is 5.11 Å². The Balaban J connectivity index is 1.75. The first-order chi connectivity index (χ1) is 8.17. The van der Waals surface area contributed by atoms with Crippen LogP contribution in [-0.4, -0.2) is 28.8 Å². The minimum Gasteiger partial charge on any atom is -0.389 e. The van der Waals surface area contributed by atoms with Gasteiger partial charge in [0.05, 0.1) is 11.8 Å². The Labute approximate surface area is 105 Å². The van der Waals surface area contributed by atoms with Crippen LogP contribution in [0.1, 0.15) is 32.1 Å². The summed E-state index contributed by atoms with van der Waals surface area (Å²) in [6.07, 6.45) is 7.15. The zero-order chi connectivity index (χ0) is 11.9. The number of nitrogen functional groups attached to an aromatic ring is 1. The molecular formula is C12H19N3OS. The summed E-state index contributed by atoms with van der Waals surface area (Å²) in [5.41, 5.74) is 5.32. The molecule has 2 heterocycles. The van der Waals surface area contributed by atoms with E-state index in [0.717, 1.165) is 42.5 Å². The van der Waals surface area contributed by atoms with E-state index in [4.69, 9.17) is 5.73 Å². The Morgan fingerprint density at radius 1 is 1.47 bits per heavy atom. The Morgan fingerprint density at radius 3 is 3.12 bits per heavy atom. The molecule has 1 aromatic rings. The predicted octanol–water partition coefficient (Wildman–Crippen LogP) is 1.86. The lowest BCUT2D eigenvalue weighted by Crippen LogP contribution is -2.53. The second-order valence-corrected chi connectivity index (χ2v) is 6.33. The van der Waals surface area contributed by atoms with Gasteiger partial charge in [-0.2, -0.15) is 0 Å². The number of aromatic nitrogens is 1. The summed E-state index contributed by atoms with van der Waals surface area (Å²) in [5, 5.41) is 12.4. The quantitative estimate of drug-likeness (QED) is 0.802. The van der Waals surface area contributed by atoms with Crippen LogP contribution in [0.4, 0.5) is 10.1 Å². The summed E-state index contributed by atoms with van der Waals surface area (Å²) in [7, 11) is 0. The average Bonchev–Trinajstić information content (AvgIpc) is 2.75. The van der Waals surface area contributed by atoms with E-state index >= 15 is 0 Å². The number of hydrogen-bond acceptors (Lipinski definition) is 5. The van der Waals surface area contributed by atoms with Gasteiger partial charge < -0.3 is 15.7 Å². The van der Waals surface area contributed by atoms with Gasteiger partial charge in [0.2, 0.25) is 0 Å². The van der Waals surface area contributed by atoms with E-state index in [9.17, 15) is 5.11 Å². The van der Waals surface area contributed by atoms with Crippen molar-refractivity contribution >= 4 is 21.5 Å². The van der Waals surface area contributed by atoms with Gasteiger partial charge in [-0.25, -0.2) is 4.98 Å². The topological polar surface area (TPSA) is 62.4 Å². The molecule has 0 bridgehead atoms. The van der Waals surface area contributed by atoms with E-state index in [1.54, 1.807) is 17.5 Å². The molecule has 0 radical (unpaired) electrons. The maximum atomic E-state index is 10.6. The number of rotatable bonds is 1. The minimum atomic E-state index is -0.405. The molecule has 1 aliphatic heterocycles. The van der Waals surface area contributed by atoms with Gasteiger partial charge in [-0.15, -0.1) is 0 Å². The van der Waals surface area contributed by atoms with Crippen molar-refractivity contribution in [3.8, 4) is 0 Å². The summed E-state index contributed by atoms with van der Waals surface area (Å²) < 4.78 is 0. The number of thiazole rings is 1. The molecule has 2 aliphatic rings. The largest absolute Gasteiger partial charge is 0.389 e. The number of nitrogens with zero attached hydrogens (tertiary/aromatic N) is 2. The van der Waals surface area contributed by atoms with Gasteiger partial charge in [-0.3, -0.25) is 0 Å². The molecule has 2 unspecified atom stereocenters. The van der Waals surface area contributed by atoms with Crippen molar-refractivity contribution in [2.75, 3.05) is 23.7 Å². The van der Waals surface area contributed by atoms with Crippen LogP contribution >= 0.6 is 11.3 Å². The maximum absolute atomic E-state index is 10.6. The zero-order valence-corrected chi connectivity index (χ0v) is 10.7. The van der Waals surface area contributed by atoms with Crippen molar-refractivity contribution in [1.29, 1.82) is 0 Å². The van der Waals surface area contributed by atoms with Crippen LogP contribution in [0.3, 0.4) is 0 Å². The van der Waals surface area contributed by atoms with Gasteiger partial charge >= 0.3 is 0 Å². The molecular weight excluding hydrogens is 234 g/mol. The molecule has 94 valence electrons. The fourth-order valence-electron chi connectivity index (χ4n) is 3.17. The second kappa shape index (κ2) is 4.14. The number of piperidine rings is 1. The van der Waals surface area contributed by atoms with Crippen molar-refractivity contribution in [3.05, 3.63) is 6.20 Å². The first kappa shape index (κ1) is 11.3. The molecule has 4 nitrogen and oxygen atoms in total. The second-order valence-electron chi connectivity index (χ2n) is 5.29. The highest BCUT2D eigenvalue weighted by atomic mass is 32.1. The van der Waals surface area contributed by atoms with E-state index in [2.05, 4.69) is 9.88 Å². The molecule has 1 saturated heterocycles. The third-order valence-electron chi connectivity index (χ3n) is 4.21. The first-order valence-corrected chi connectivity index (χ1v) is 7.18. The molecule has 0 spiro atoms. The number of aliphatic hydroxyl groups is 1. The lowest BCUT2D eigenvalue weighted by molar-refractivity contribution is -0.0612. The summed E-state index contributed by atoms with van der Waals surface area (Å²) in [4.78, 5) is 6.62. The SMILES string of the molecule is Nc1cnc(N2CCC3(O)CCCCC3C2)s1. The van der Waals surface area contributed by atoms with Gasteiger partial charge in [0.25, 0.3) is 0 Å². The highest BCUT2D eigenvalue weighted by molar-refractivity contribution is 7.19. The number of nitrogens with two attached hydrogens (primary N) is 1. The Bertz CT molecular complexity index is 408. The third-order valence-corrected chi connectivity index (χ3v) is 5.10. The first-order valence-electron chi connectivity index (χ1n) is 6.36. The van der Waals surface area contributed by atoms with Crippen LogP contribution in [0.15, 0.2) is 6.20 Å². The van der Waals surface area contributed by atoms with Crippen molar-refractivity contribution in [2.45, 2.75) is 37.7 Å². The molecule has 5 heteroatoms. The summed E-state index contributed by atoms with van der Waals surface area (Å²) >= 11 is 1.54. The van der Waals surface area contributed by atoms with Gasteiger partial charge in [0, 0.05) is 19.0 Å². The Morgan fingerprint density at radius 2 is 2.35 bits per heavy atom. The van der Waals surface area contributed by atoms with Gasteiger partial charge in [0.1, 0.15) is 5.00 Å². The van der Waals surface area contributed by atoms with E-state index < -0.39 is 5.60 Å². The van der Waals surface area contributed by atoms with Crippen LogP contribution in [-0.2, 0) is 0 Å². The standard InChI is InChI=1S/C12H19N3OS/c13-10-7-14-11(17-10)15-6-5-12(16)4-2-1-3-9(12)8-15/h7,9,16H,1-6,8,13H2. The predicted molar refractivity (Wildman–Crippen MR) is 70.3 cm³/mol. The molecule has 0 aromatic carbocycles. The van der Waals surface area contributed by atoms with Gasteiger partial charge in [-0.1, -0.05) is 24.2 Å². The van der Waals surface area contributed by atoms with Crippen LogP contribution in [0.2, 0.25) is 0 Å². The molecule has 2 fully saturated rings. The highest BCUT2D eigenvalue weighted by Crippen LogP contribution is 2.41. The van der Waals surface area contributed by atoms with E-state index in [0.29, 0.717) is 5.92 Å². The fraction of sp³-hybridized carbons (Fsp3) is 0.750. The summed E-state index contributed by atoms with van der Waals surface area (Å²) in [6.45, 7) is 1.84. The zero-order valence-electron chi connectivity index (χ0n) is 9.93. The van der Waals surface area contributed by atoms with Crippen molar-refractivity contribution in [1.82, 2.24) is 4.98 Å². The minimum absolute atomic E-state index is 0.405. The maximum Gasteiger partial charge on any atom is 0.187 e. The monoisotopic (exact) mass is 253 g/mol. The Kier molecular flexibility index (Phi) is 2.75. The van der Waals surface area contributed by atoms with Crippen LogP contribution in [0, 0.1) is 5.92 Å². The van der Waals surface area contributed by atoms with Crippen molar-refractivity contribution in [3.63, 3.8) is 0 Å².